The molecule has 0 saturated carbocycles. The van der Waals surface area contributed by atoms with Crippen molar-refractivity contribution in [2.45, 2.75) is 33.1 Å². The van der Waals surface area contributed by atoms with Crippen molar-refractivity contribution in [2.24, 2.45) is 0 Å². The van der Waals surface area contributed by atoms with Crippen molar-refractivity contribution >= 4 is 27.2 Å². The van der Waals surface area contributed by atoms with Crippen molar-refractivity contribution < 1.29 is 0 Å². The fourth-order valence-electron chi connectivity index (χ4n) is 3.73. The Bertz CT molecular complexity index is 838. The van der Waals surface area contributed by atoms with Crippen LogP contribution in [0.1, 0.15) is 42.9 Å². The van der Waals surface area contributed by atoms with E-state index in [9.17, 15) is 5.26 Å². The second-order valence-electron chi connectivity index (χ2n) is 6.76. The number of anilines is 1. The number of hydrogen-bond donors (Lipinski definition) is 0. The lowest BCUT2D eigenvalue weighted by molar-refractivity contribution is 0.577. The maximum atomic E-state index is 9.82. The summed E-state index contributed by atoms with van der Waals surface area (Å²) < 4.78 is 1.06. The summed E-state index contributed by atoms with van der Waals surface area (Å²) in [6, 6.07) is 13.0. The molecule has 3 rings (SSSR count). The third kappa shape index (κ3) is 3.50. The van der Waals surface area contributed by atoms with Gasteiger partial charge < -0.3 is 4.90 Å². The molecule has 1 aliphatic heterocycles. The van der Waals surface area contributed by atoms with E-state index < -0.39 is 0 Å². The molecule has 2 aromatic carbocycles. The Labute approximate surface area is 158 Å². The van der Waals surface area contributed by atoms with Gasteiger partial charge in [0.1, 0.15) is 6.07 Å². The summed E-state index contributed by atoms with van der Waals surface area (Å²) in [4.78, 5) is 2.37. The highest BCUT2D eigenvalue weighted by molar-refractivity contribution is 9.10. The first-order valence-corrected chi connectivity index (χ1v) is 9.56. The van der Waals surface area contributed by atoms with E-state index >= 15 is 0 Å². The van der Waals surface area contributed by atoms with Crippen LogP contribution < -0.4 is 4.90 Å². The zero-order valence-electron chi connectivity index (χ0n) is 14.9. The average molecular weight is 395 g/mol. The van der Waals surface area contributed by atoms with Gasteiger partial charge in [-0.15, -0.1) is 0 Å². The standard InChI is InChI=1S/C22H23BrN2/c1-15(2)22-16(3)20(14-24)21(25-11-5-4-6-12-25)13-19(22)17-7-9-18(23)10-8-17/h7-10,13H,1,4-6,11-12H2,2-3H3. The average Bonchev–Trinajstić information content (AvgIpc) is 2.62. The summed E-state index contributed by atoms with van der Waals surface area (Å²) in [5.74, 6) is 0. The number of nitriles is 1. The second-order valence-corrected chi connectivity index (χ2v) is 7.68. The van der Waals surface area contributed by atoms with Gasteiger partial charge in [0.2, 0.25) is 0 Å². The zero-order chi connectivity index (χ0) is 18.0. The van der Waals surface area contributed by atoms with Crippen molar-refractivity contribution in [2.75, 3.05) is 18.0 Å². The van der Waals surface area contributed by atoms with E-state index in [2.05, 4.69) is 70.7 Å². The number of nitrogens with zero attached hydrogens (tertiary/aromatic N) is 2. The van der Waals surface area contributed by atoms with Crippen LogP contribution in [0.5, 0.6) is 0 Å². The molecule has 0 aromatic heterocycles. The number of piperidine rings is 1. The molecule has 0 spiro atoms. The van der Waals surface area contributed by atoms with Crippen molar-refractivity contribution in [3.63, 3.8) is 0 Å². The predicted molar refractivity (Wildman–Crippen MR) is 110 cm³/mol. The van der Waals surface area contributed by atoms with Gasteiger partial charge in [-0.2, -0.15) is 5.26 Å². The predicted octanol–water partition coefficient (Wildman–Crippen LogP) is 6.32. The molecule has 0 amide bonds. The zero-order valence-corrected chi connectivity index (χ0v) is 16.5. The molecular weight excluding hydrogens is 372 g/mol. The van der Waals surface area contributed by atoms with Crippen LogP contribution in [0.25, 0.3) is 16.7 Å². The van der Waals surface area contributed by atoms with Crippen LogP contribution in [0.15, 0.2) is 41.4 Å². The van der Waals surface area contributed by atoms with Crippen molar-refractivity contribution in [3.8, 4) is 17.2 Å². The van der Waals surface area contributed by atoms with Crippen LogP contribution in [0.2, 0.25) is 0 Å². The van der Waals surface area contributed by atoms with E-state index in [1.165, 1.54) is 19.3 Å². The van der Waals surface area contributed by atoms with Gasteiger partial charge in [-0.3, -0.25) is 0 Å². The first-order valence-electron chi connectivity index (χ1n) is 8.77. The molecule has 1 heterocycles. The molecule has 1 fully saturated rings. The maximum absolute atomic E-state index is 9.82. The quantitative estimate of drug-likeness (QED) is 0.608. The summed E-state index contributed by atoms with van der Waals surface area (Å²) >= 11 is 3.51. The van der Waals surface area contributed by atoms with Gasteiger partial charge >= 0.3 is 0 Å². The van der Waals surface area contributed by atoms with Crippen molar-refractivity contribution in [3.05, 3.63) is 58.1 Å². The van der Waals surface area contributed by atoms with E-state index in [0.717, 1.165) is 56.6 Å². The minimum Gasteiger partial charge on any atom is -0.370 e. The first kappa shape index (κ1) is 17.8. The summed E-state index contributed by atoms with van der Waals surface area (Å²) in [5, 5.41) is 9.82. The molecule has 2 nitrogen and oxygen atoms in total. The monoisotopic (exact) mass is 394 g/mol. The Hall–Kier alpha value is -2.05. The molecule has 0 bridgehead atoms. The Kier molecular flexibility index (Phi) is 5.30. The number of allylic oxidation sites excluding steroid dienone is 1. The third-order valence-electron chi connectivity index (χ3n) is 4.95. The molecule has 1 aliphatic rings. The SMILES string of the molecule is C=C(C)c1c(-c2ccc(Br)cc2)cc(N2CCCCC2)c(C#N)c1C. The van der Waals surface area contributed by atoms with Crippen molar-refractivity contribution in [1.29, 1.82) is 5.26 Å². The molecule has 3 heteroatoms. The van der Waals surface area contributed by atoms with E-state index in [1.807, 2.05) is 6.92 Å². The Morgan fingerprint density at radius 3 is 2.36 bits per heavy atom. The van der Waals surface area contributed by atoms with E-state index in [1.54, 1.807) is 0 Å². The van der Waals surface area contributed by atoms with Gasteiger partial charge in [0.25, 0.3) is 0 Å². The number of halogens is 1. The van der Waals surface area contributed by atoms with Gasteiger partial charge in [-0.05, 0) is 73.6 Å². The topological polar surface area (TPSA) is 27.0 Å². The number of hydrogen-bond acceptors (Lipinski definition) is 2. The molecule has 1 saturated heterocycles. The lowest BCUT2D eigenvalue weighted by atomic mass is 9.88. The van der Waals surface area contributed by atoms with E-state index in [4.69, 9.17) is 0 Å². The third-order valence-corrected chi connectivity index (χ3v) is 5.48. The molecule has 0 aliphatic carbocycles. The highest BCUT2D eigenvalue weighted by atomic mass is 79.9. The Morgan fingerprint density at radius 2 is 1.80 bits per heavy atom. The molecular formula is C22H23BrN2. The van der Waals surface area contributed by atoms with Gasteiger partial charge in [0.05, 0.1) is 11.3 Å². The largest absolute Gasteiger partial charge is 0.370 e. The number of benzene rings is 2. The van der Waals surface area contributed by atoms with Gasteiger partial charge in [0, 0.05) is 17.6 Å². The number of rotatable bonds is 3. The normalized spacial score (nSPS) is 14.2. The lowest BCUT2D eigenvalue weighted by Gasteiger charge is -2.31. The van der Waals surface area contributed by atoms with Gasteiger partial charge in [-0.25, -0.2) is 0 Å². The highest BCUT2D eigenvalue weighted by Crippen LogP contribution is 2.39. The van der Waals surface area contributed by atoms with Crippen molar-refractivity contribution in [1.82, 2.24) is 0 Å². The minimum absolute atomic E-state index is 0.792. The van der Waals surface area contributed by atoms with Gasteiger partial charge in [-0.1, -0.05) is 40.2 Å². The van der Waals surface area contributed by atoms with Crippen LogP contribution in [0, 0.1) is 18.3 Å². The first-order chi connectivity index (χ1) is 12.0. The molecule has 2 aromatic rings. The van der Waals surface area contributed by atoms with Crippen LogP contribution >= 0.6 is 15.9 Å². The maximum Gasteiger partial charge on any atom is 0.102 e. The summed E-state index contributed by atoms with van der Waals surface area (Å²) in [6.07, 6.45) is 3.67. The summed E-state index contributed by atoms with van der Waals surface area (Å²) in [6.45, 7) is 10.3. The molecule has 128 valence electrons. The Morgan fingerprint density at radius 1 is 1.16 bits per heavy atom. The smallest absolute Gasteiger partial charge is 0.102 e. The van der Waals surface area contributed by atoms with Crippen LogP contribution in [0.3, 0.4) is 0 Å². The molecule has 0 radical (unpaired) electrons. The molecule has 25 heavy (non-hydrogen) atoms. The Balaban J connectivity index is 2.25. The fraction of sp³-hybridized carbons (Fsp3) is 0.318. The van der Waals surface area contributed by atoms with Crippen LogP contribution in [-0.2, 0) is 0 Å². The summed E-state index contributed by atoms with van der Waals surface area (Å²) in [7, 11) is 0. The molecule has 0 atom stereocenters. The lowest BCUT2D eigenvalue weighted by Crippen LogP contribution is -2.30. The molecule has 0 N–H and O–H groups in total. The van der Waals surface area contributed by atoms with E-state index in [-0.39, 0.29) is 0 Å². The van der Waals surface area contributed by atoms with Crippen LogP contribution in [-0.4, -0.2) is 13.1 Å². The molecule has 0 unspecified atom stereocenters. The van der Waals surface area contributed by atoms with Gasteiger partial charge in [0.15, 0.2) is 0 Å². The minimum atomic E-state index is 0.792. The highest BCUT2D eigenvalue weighted by Gasteiger charge is 2.21. The van der Waals surface area contributed by atoms with E-state index in [0.29, 0.717) is 0 Å². The fourth-order valence-corrected chi connectivity index (χ4v) is 4.00. The second kappa shape index (κ2) is 7.45. The van der Waals surface area contributed by atoms with Crippen LogP contribution in [0.4, 0.5) is 5.69 Å². The summed E-state index contributed by atoms with van der Waals surface area (Å²) in [5.41, 5.74) is 7.32.